The summed E-state index contributed by atoms with van der Waals surface area (Å²) in [5.41, 5.74) is 0. The largest absolute Gasteiger partial charge is 0.479 e. The fourth-order valence-electron chi connectivity index (χ4n) is 7.64. The minimum Gasteiger partial charge on any atom is -0.479 e. The number of allylic oxidation sites excluding steroid dienone is 18. The number of aliphatic carboxylic acids is 1. The topological polar surface area (TPSA) is 175 Å². The minimum absolute atomic E-state index is 0.0370. The first kappa shape index (κ1) is 66.4. The second-order valence-corrected chi connectivity index (χ2v) is 18.4. The van der Waals surface area contributed by atoms with Crippen molar-refractivity contribution in [1.29, 1.82) is 0 Å². The lowest BCUT2D eigenvalue weighted by molar-refractivity contribution is -0.301. The molecule has 1 fully saturated rings. The zero-order valence-corrected chi connectivity index (χ0v) is 45.1. The van der Waals surface area contributed by atoms with E-state index in [9.17, 15) is 34.5 Å². The lowest BCUT2D eigenvalue weighted by Gasteiger charge is -2.40. The summed E-state index contributed by atoms with van der Waals surface area (Å²) in [5, 5.41) is 31.4. The van der Waals surface area contributed by atoms with Gasteiger partial charge < -0.3 is 39.0 Å². The summed E-state index contributed by atoms with van der Waals surface area (Å²) in [6.45, 7) is 5.57. The molecule has 12 heteroatoms. The molecular formula is C61H96O12. The lowest BCUT2D eigenvalue weighted by atomic mass is 9.98. The molecule has 0 aliphatic carbocycles. The number of unbranched alkanes of at least 4 members (excludes halogenated alkanes) is 13. The molecule has 0 radical (unpaired) electrons. The Balaban J connectivity index is 2.74. The maximum absolute atomic E-state index is 13.1. The number of carbonyl (C=O) groups excluding carboxylic acids is 3. The molecule has 0 aromatic rings. The number of carbonyl (C=O) groups is 4. The van der Waals surface area contributed by atoms with Crippen LogP contribution in [0.15, 0.2) is 109 Å². The van der Waals surface area contributed by atoms with E-state index in [1.54, 1.807) is 0 Å². The molecule has 0 bridgehead atoms. The van der Waals surface area contributed by atoms with Crippen molar-refractivity contribution in [3.05, 3.63) is 109 Å². The Hall–Kier alpha value is -4.62. The van der Waals surface area contributed by atoms with Gasteiger partial charge in [-0.25, -0.2) is 4.79 Å². The molecule has 1 saturated heterocycles. The highest BCUT2D eigenvalue weighted by Crippen LogP contribution is 2.26. The Kier molecular flexibility index (Phi) is 44.0. The van der Waals surface area contributed by atoms with Gasteiger partial charge in [0.15, 0.2) is 24.6 Å². The Morgan fingerprint density at radius 2 is 0.822 bits per heavy atom. The van der Waals surface area contributed by atoms with Crippen molar-refractivity contribution in [2.45, 2.75) is 237 Å². The van der Waals surface area contributed by atoms with E-state index < -0.39 is 67.3 Å². The first-order valence-corrected chi connectivity index (χ1v) is 27.9. The van der Waals surface area contributed by atoms with Gasteiger partial charge in [-0.05, 0) is 116 Å². The molecule has 412 valence electrons. The van der Waals surface area contributed by atoms with Crippen molar-refractivity contribution in [2.24, 2.45) is 0 Å². The summed E-state index contributed by atoms with van der Waals surface area (Å²) in [6.07, 6.45) is 52.1. The van der Waals surface area contributed by atoms with Crippen molar-refractivity contribution < 1.29 is 58.2 Å². The fraction of sp³-hybridized carbons (Fsp3) is 0.639. The zero-order valence-electron chi connectivity index (χ0n) is 45.1. The Labute approximate surface area is 440 Å². The number of carboxylic acids is 1. The predicted octanol–water partition coefficient (Wildman–Crippen LogP) is 13.9. The molecule has 0 aromatic carbocycles. The molecule has 0 spiro atoms. The maximum Gasteiger partial charge on any atom is 0.335 e. The summed E-state index contributed by atoms with van der Waals surface area (Å²) >= 11 is 0. The molecule has 6 atom stereocenters. The van der Waals surface area contributed by atoms with Gasteiger partial charge in [0, 0.05) is 19.3 Å². The minimum atomic E-state index is -1.92. The van der Waals surface area contributed by atoms with Gasteiger partial charge in [-0.2, -0.15) is 0 Å². The van der Waals surface area contributed by atoms with Gasteiger partial charge in [0.2, 0.25) is 0 Å². The van der Waals surface area contributed by atoms with E-state index in [4.69, 9.17) is 23.7 Å². The predicted molar refractivity (Wildman–Crippen MR) is 294 cm³/mol. The van der Waals surface area contributed by atoms with E-state index in [2.05, 4.69) is 130 Å². The van der Waals surface area contributed by atoms with Gasteiger partial charge in [-0.1, -0.05) is 175 Å². The number of aliphatic hydroxyl groups is 2. The van der Waals surface area contributed by atoms with E-state index in [1.165, 1.54) is 0 Å². The van der Waals surface area contributed by atoms with Crippen molar-refractivity contribution in [3.8, 4) is 0 Å². The molecule has 73 heavy (non-hydrogen) atoms. The van der Waals surface area contributed by atoms with E-state index in [0.29, 0.717) is 19.3 Å². The molecule has 1 heterocycles. The van der Waals surface area contributed by atoms with Crippen LogP contribution >= 0.6 is 0 Å². The molecule has 3 N–H and O–H groups in total. The van der Waals surface area contributed by atoms with E-state index in [1.807, 2.05) is 0 Å². The monoisotopic (exact) mass is 1020 g/mol. The molecule has 1 rings (SSSR count). The number of hydrogen-bond acceptors (Lipinski definition) is 11. The molecule has 0 saturated carbocycles. The van der Waals surface area contributed by atoms with Gasteiger partial charge in [0.1, 0.15) is 18.8 Å². The second-order valence-electron chi connectivity index (χ2n) is 18.4. The summed E-state index contributed by atoms with van der Waals surface area (Å²) in [6, 6.07) is 0. The van der Waals surface area contributed by atoms with Crippen LogP contribution in [0.5, 0.6) is 0 Å². The smallest absolute Gasteiger partial charge is 0.335 e. The number of esters is 3. The SMILES string of the molecule is CC/C=C\C/C=C\C/C=C\CCCCCCCCCC(=O)OC1C(OCC(COC(=O)CCCCC/C=C\C/C=C\C/C=C\CC)OC(=O)CCCCC/C=C\C/C=C\C/C=C\CC)OC(C(=O)O)C(O)C1O. The van der Waals surface area contributed by atoms with Crippen LogP contribution in [0.4, 0.5) is 0 Å². The van der Waals surface area contributed by atoms with Crippen LogP contribution in [0.2, 0.25) is 0 Å². The molecule has 1 aliphatic rings. The van der Waals surface area contributed by atoms with Crippen LogP contribution in [0.3, 0.4) is 0 Å². The van der Waals surface area contributed by atoms with Gasteiger partial charge in [-0.15, -0.1) is 0 Å². The first-order valence-electron chi connectivity index (χ1n) is 27.9. The molecule has 12 nitrogen and oxygen atoms in total. The Morgan fingerprint density at radius 3 is 1.26 bits per heavy atom. The molecule has 6 unspecified atom stereocenters. The Morgan fingerprint density at radius 1 is 0.452 bits per heavy atom. The number of hydrogen-bond donors (Lipinski definition) is 3. The van der Waals surface area contributed by atoms with Crippen molar-refractivity contribution >= 4 is 23.9 Å². The molecular weight excluding hydrogens is 925 g/mol. The molecule has 0 aromatic heterocycles. The normalized spacial score (nSPS) is 19.2. The third kappa shape index (κ3) is 38.6. The fourth-order valence-corrected chi connectivity index (χ4v) is 7.64. The maximum atomic E-state index is 13.1. The van der Waals surface area contributed by atoms with E-state index in [-0.39, 0.29) is 25.9 Å². The second kappa shape index (κ2) is 48.3. The zero-order chi connectivity index (χ0) is 53.3. The Bertz CT molecular complexity index is 1690. The van der Waals surface area contributed by atoms with Crippen LogP contribution in [0.25, 0.3) is 0 Å². The summed E-state index contributed by atoms with van der Waals surface area (Å²) in [4.78, 5) is 51.0. The number of aliphatic hydroxyl groups excluding tert-OH is 2. The van der Waals surface area contributed by atoms with E-state index in [0.717, 1.165) is 141 Å². The van der Waals surface area contributed by atoms with Crippen molar-refractivity contribution in [3.63, 3.8) is 0 Å². The van der Waals surface area contributed by atoms with Crippen LogP contribution in [-0.2, 0) is 42.9 Å². The lowest BCUT2D eigenvalue weighted by Crippen LogP contribution is -2.61. The van der Waals surface area contributed by atoms with Crippen LogP contribution in [0.1, 0.15) is 201 Å². The molecule has 1 aliphatic heterocycles. The van der Waals surface area contributed by atoms with Gasteiger partial charge in [0.25, 0.3) is 0 Å². The van der Waals surface area contributed by atoms with Crippen LogP contribution in [-0.4, -0.2) is 89.2 Å². The highest BCUT2D eigenvalue weighted by molar-refractivity contribution is 5.74. The van der Waals surface area contributed by atoms with Crippen LogP contribution < -0.4 is 0 Å². The standard InChI is InChI=1S/C61H96O12/c1-4-7-10-13-16-19-22-25-26-27-28-31-34-37-40-43-46-49-55(64)72-59-57(66)56(65)58(60(67)68)73-61(59)70-51-52(71-54(63)48-45-42-39-36-33-30-24-21-18-15-12-9-6-3)50-69-53(62)47-44-41-38-35-32-29-23-20-17-14-11-8-5-2/h7-12,16-21,25-26,29-30,32-33,52,56-59,61,65-66H,4-6,13-15,22-24,27-28,31,34-51H2,1-3H3,(H,67,68)/b10-7-,11-8-,12-9-,19-16-,20-17-,21-18-,26-25-,32-29-,33-30-. The summed E-state index contributed by atoms with van der Waals surface area (Å²) in [7, 11) is 0. The third-order valence-corrected chi connectivity index (χ3v) is 11.8. The van der Waals surface area contributed by atoms with E-state index >= 15 is 0 Å². The summed E-state index contributed by atoms with van der Waals surface area (Å²) < 4.78 is 28.3. The summed E-state index contributed by atoms with van der Waals surface area (Å²) in [5.74, 6) is -3.23. The number of carboxylic acid groups (broad SMARTS) is 1. The van der Waals surface area contributed by atoms with Gasteiger partial charge in [0.05, 0.1) is 6.61 Å². The molecule has 0 amide bonds. The van der Waals surface area contributed by atoms with Gasteiger partial charge in [-0.3, -0.25) is 14.4 Å². The number of ether oxygens (including phenoxy) is 5. The third-order valence-electron chi connectivity index (χ3n) is 11.8. The quantitative estimate of drug-likeness (QED) is 0.0228. The first-order chi connectivity index (χ1) is 35.6. The average molecular weight is 1020 g/mol. The van der Waals surface area contributed by atoms with Gasteiger partial charge >= 0.3 is 23.9 Å². The number of rotatable bonds is 45. The van der Waals surface area contributed by atoms with Crippen LogP contribution in [0, 0.1) is 0 Å². The highest BCUT2D eigenvalue weighted by atomic mass is 16.7. The highest BCUT2D eigenvalue weighted by Gasteiger charge is 2.50. The van der Waals surface area contributed by atoms with Crippen molar-refractivity contribution in [2.75, 3.05) is 13.2 Å². The van der Waals surface area contributed by atoms with Crippen molar-refractivity contribution in [1.82, 2.24) is 0 Å². The average Bonchev–Trinajstić information content (AvgIpc) is 3.37.